The molecule has 0 saturated carbocycles. The molecule has 0 radical (unpaired) electrons. The van der Waals surface area contributed by atoms with Crippen LogP contribution in [0.2, 0.25) is 0 Å². The molecule has 19 heteroatoms. The van der Waals surface area contributed by atoms with Gasteiger partial charge in [0.05, 0.1) is 25.0 Å². The quantitative estimate of drug-likeness (QED) is 0.0602. The number of aliphatic carboxylic acids is 2. The van der Waals surface area contributed by atoms with Crippen LogP contribution in [-0.2, 0) is 28.7 Å². The number of carbonyl (C=O) groups excluding carboxylic acids is 4. The first-order valence-electron chi connectivity index (χ1n) is 10.8. The minimum Gasteiger partial charge on any atom is -0.547 e. The van der Waals surface area contributed by atoms with Gasteiger partial charge in [-0.05, 0) is 28.2 Å². The second kappa shape index (κ2) is 21.5. The van der Waals surface area contributed by atoms with Crippen molar-refractivity contribution in [3.63, 3.8) is 0 Å². The van der Waals surface area contributed by atoms with Crippen molar-refractivity contribution in [3.8, 4) is 0 Å². The maximum Gasteiger partial charge on any atom is 2.00 e. The molecule has 0 amide bonds. The Morgan fingerprint density at radius 3 is 1.05 bits per heavy atom. The molecule has 0 aromatic carbocycles. The van der Waals surface area contributed by atoms with E-state index in [0.29, 0.717) is 0 Å². The van der Waals surface area contributed by atoms with E-state index in [1.54, 1.807) is 28.2 Å². The van der Waals surface area contributed by atoms with Gasteiger partial charge >= 0.3 is 49.7 Å². The average Bonchev–Trinajstić information content (AvgIpc) is 2.82. The Balaban J connectivity index is -0.000000648. The maximum atomic E-state index is 11.1. The second-order valence-corrected chi connectivity index (χ2v) is 8.47. The van der Waals surface area contributed by atoms with E-state index in [1.165, 1.54) is 9.80 Å². The van der Waals surface area contributed by atoms with E-state index in [4.69, 9.17) is 10.2 Å². The van der Waals surface area contributed by atoms with Crippen molar-refractivity contribution in [2.24, 2.45) is 0 Å². The third kappa shape index (κ3) is 18.7. The van der Waals surface area contributed by atoms with Crippen molar-refractivity contribution in [1.82, 2.24) is 9.80 Å². The fourth-order valence-corrected chi connectivity index (χ4v) is 2.27. The smallest absolute Gasteiger partial charge is 0.547 e. The standard InChI is InChI=1S/2C10H19NO8.Ca/c2*1-11(2)3-6(13)19-4-5(12)7(14)8(15)9(16)10(17)18;/h2*5,7-9,12,14-16H,3-4H2,1-2H3,(H,17,18);/q;;+2/p-2/t5-,7-,8+,9-;;/m1../s1. The van der Waals surface area contributed by atoms with Gasteiger partial charge in [-0.15, -0.1) is 0 Å². The van der Waals surface area contributed by atoms with Crippen LogP contribution in [0.5, 0.6) is 0 Å². The van der Waals surface area contributed by atoms with Gasteiger partial charge in [0, 0.05) is 0 Å². The molecule has 0 aliphatic rings. The van der Waals surface area contributed by atoms with Crippen LogP contribution >= 0.6 is 0 Å². The SMILES string of the molecule is CN(C)CC(=O)OCC(O)C(O)C(O)C(O)C(=O)[O-].CN(C)CC(=O)OC[C@@H](O)[C@@H](O)[C@H](O)[C@@H](O)C(=O)[O-].[Ca+2]. The van der Waals surface area contributed by atoms with E-state index in [0.717, 1.165) is 0 Å². The fraction of sp³-hybridized carbons (Fsp3) is 0.800. The third-order valence-corrected chi connectivity index (χ3v) is 4.34. The first kappa shape index (κ1) is 42.2. The molecule has 0 rings (SSSR count). The van der Waals surface area contributed by atoms with Crippen LogP contribution in [0.15, 0.2) is 0 Å². The number of hydrogen-bond acceptors (Lipinski definition) is 18. The van der Waals surface area contributed by atoms with E-state index < -0.39 is 85.9 Å². The largest absolute Gasteiger partial charge is 2.00 e. The number of carbonyl (C=O) groups is 4. The van der Waals surface area contributed by atoms with E-state index in [1.807, 2.05) is 0 Å². The summed E-state index contributed by atoms with van der Waals surface area (Å²) in [4.78, 5) is 45.8. The minimum atomic E-state index is -2.36. The molecule has 0 aromatic heterocycles. The van der Waals surface area contributed by atoms with Gasteiger partial charge in [0.15, 0.2) is 0 Å². The maximum absolute atomic E-state index is 11.1. The van der Waals surface area contributed by atoms with Gasteiger partial charge in [-0.25, -0.2) is 0 Å². The first-order chi connectivity index (χ1) is 17.3. The number of nitrogens with zero attached hydrogens (tertiary/aromatic N) is 2. The average molecular weight is 601 g/mol. The molecule has 0 aliphatic carbocycles. The number of carboxylic acid groups (broad SMARTS) is 2. The van der Waals surface area contributed by atoms with Crippen molar-refractivity contribution in [2.45, 2.75) is 48.8 Å². The predicted molar refractivity (Wildman–Crippen MR) is 123 cm³/mol. The molecule has 0 aliphatic heterocycles. The van der Waals surface area contributed by atoms with E-state index >= 15 is 0 Å². The predicted octanol–water partition coefficient (Wildman–Crippen LogP) is -9.81. The van der Waals surface area contributed by atoms with Gasteiger partial charge in [-0.3, -0.25) is 19.4 Å². The molecule has 0 aromatic rings. The van der Waals surface area contributed by atoms with Gasteiger partial charge in [-0.1, -0.05) is 0 Å². The van der Waals surface area contributed by atoms with Crippen molar-refractivity contribution >= 4 is 61.6 Å². The van der Waals surface area contributed by atoms with Crippen LogP contribution in [0.3, 0.4) is 0 Å². The molecule has 39 heavy (non-hydrogen) atoms. The number of rotatable bonds is 16. The summed E-state index contributed by atoms with van der Waals surface area (Å²) >= 11 is 0. The summed E-state index contributed by atoms with van der Waals surface area (Å²) in [6, 6.07) is 0. The molecule has 8 atom stereocenters. The number of carboxylic acids is 2. The molecule has 0 saturated heterocycles. The van der Waals surface area contributed by atoms with Gasteiger partial charge in [0.25, 0.3) is 0 Å². The van der Waals surface area contributed by atoms with Crippen molar-refractivity contribution in [1.29, 1.82) is 0 Å². The van der Waals surface area contributed by atoms with Crippen LogP contribution in [0.25, 0.3) is 0 Å². The number of likely N-dealkylation sites (N-methyl/N-ethyl adjacent to an activating group) is 2. The van der Waals surface area contributed by atoms with Crippen molar-refractivity contribution in [3.05, 3.63) is 0 Å². The summed E-state index contributed by atoms with van der Waals surface area (Å²) in [7, 11) is 6.47. The Labute approximate surface area is 253 Å². The van der Waals surface area contributed by atoms with Crippen LogP contribution < -0.4 is 10.2 Å². The van der Waals surface area contributed by atoms with Gasteiger partial charge in [-0.2, -0.15) is 0 Å². The van der Waals surface area contributed by atoms with Crippen LogP contribution in [-0.4, -0.2) is 216 Å². The third-order valence-electron chi connectivity index (χ3n) is 4.34. The number of ether oxygens (including phenoxy) is 2. The van der Waals surface area contributed by atoms with Crippen LogP contribution in [0.1, 0.15) is 0 Å². The van der Waals surface area contributed by atoms with Gasteiger partial charge in [0.1, 0.15) is 62.0 Å². The molecular formula is C20H36CaN2O16. The summed E-state index contributed by atoms with van der Waals surface area (Å²) in [6.45, 7) is -1.39. The van der Waals surface area contributed by atoms with E-state index in [9.17, 15) is 60.0 Å². The Morgan fingerprint density at radius 1 is 0.590 bits per heavy atom. The van der Waals surface area contributed by atoms with E-state index in [2.05, 4.69) is 9.47 Å². The summed E-state index contributed by atoms with van der Waals surface area (Å²) < 4.78 is 9.16. The van der Waals surface area contributed by atoms with Crippen molar-refractivity contribution in [2.75, 3.05) is 54.5 Å². The molecular weight excluding hydrogens is 564 g/mol. The monoisotopic (exact) mass is 600 g/mol. The molecule has 0 heterocycles. The summed E-state index contributed by atoms with van der Waals surface area (Å²) in [5, 5.41) is 94.2. The van der Waals surface area contributed by atoms with Gasteiger partial charge < -0.3 is 70.1 Å². The summed E-state index contributed by atoms with van der Waals surface area (Å²) in [5.41, 5.74) is 0. The number of hydrogen-bond donors (Lipinski definition) is 8. The Bertz CT molecular complexity index is 683. The van der Waals surface area contributed by atoms with Crippen LogP contribution in [0, 0.1) is 0 Å². The summed E-state index contributed by atoms with van der Waals surface area (Å²) in [6.07, 6.45) is -16.5. The molecule has 8 N–H and O–H groups in total. The Morgan fingerprint density at radius 2 is 0.846 bits per heavy atom. The minimum absolute atomic E-state index is 0. The van der Waals surface area contributed by atoms with Crippen molar-refractivity contribution < 1.29 is 79.7 Å². The van der Waals surface area contributed by atoms with E-state index in [-0.39, 0.29) is 50.8 Å². The number of aliphatic hydroxyl groups excluding tert-OH is 8. The summed E-state index contributed by atoms with van der Waals surface area (Å²) in [5.74, 6) is -5.34. The molecule has 4 unspecified atom stereocenters. The molecule has 0 spiro atoms. The number of esters is 2. The zero-order chi connectivity index (χ0) is 30.3. The Kier molecular flexibility index (Phi) is 23.2. The molecule has 224 valence electrons. The topological polar surface area (TPSA) is 301 Å². The van der Waals surface area contributed by atoms with Crippen LogP contribution in [0.4, 0.5) is 0 Å². The second-order valence-electron chi connectivity index (χ2n) is 8.47. The Hall–Kier alpha value is -1.26. The number of aliphatic hydroxyl groups is 8. The fourth-order valence-electron chi connectivity index (χ4n) is 2.27. The van der Waals surface area contributed by atoms with Gasteiger partial charge in [0.2, 0.25) is 0 Å². The molecule has 18 nitrogen and oxygen atoms in total. The first-order valence-corrected chi connectivity index (χ1v) is 10.8. The zero-order valence-corrected chi connectivity index (χ0v) is 24.1. The molecule has 0 fully saturated rings. The zero-order valence-electron chi connectivity index (χ0n) is 21.9. The molecule has 0 bridgehead atoms. The normalized spacial score (nSPS) is 17.2.